The van der Waals surface area contributed by atoms with Gasteiger partial charge < -0.3 is 4.74 Å². The number of esters is 1. The van der Waals surface area contributed by atoms with Gasteiger partial charge in [-0.2, -0.15) is 5.26 Å². The molecule has 16 heavy (non-hydrogen) atoms. The Balaban J connectivity index is 4.92. The predicted molar refractivity (Wildman–Crippen MR) is 59.4 cm³/mol. The Labute approximate surface area is 95.9 Å². The molecule has 0 saturated heterocycles. The summed E-state index contributed by atoms with van der Waals surface area (Å²) >= 11 is 0. The SMILES string of the molecule is CC(=O)/C=C\[C@@](C)(C#N)C(=O)OC(C)(C)C. The van der Waals surface area contributed by atoms with Gasteiger partial charge in [-0.1, -0.05) is 6.08 Å². The summed E-state index contributed by atoms with van der Waals surface area (Å²) in [6.07, 6.45) is 2.47. The molecule has 0 radical (unpaired) electrons. The van der Waals surface area contributed by atoms with E-state index in [9.17, 15) is 9.59 Å². The lowest BCUT2D eigenvalue weighted by Crippen LogP contribution is -2.33. The van der Waals surface area contributed by atoms with Gasteiger partial charge in [-0.25, -0.2) is 4.79 Å². The summed E-state index contributed by atoms with van der Waals surface area (Å²) in [7, 11) is 0. The molecular weight excluding hydrogens is 206 g/mol. The second-order valence-electron chi connectivity index (χ2n) is 4.76. The highest BCUT2D eigenvalue weighted by Gasteiger charge is 2.35. The van der Waals surface area contributed by atoms with Crippen LogP contribution < -0.4 is 0 Å². The Morgan fingerprint density at radius 1 is 1.25 bits per heavy atom. The smallest absolute Gasteiger partial charge is 0.330 e. The van der Waals surface area contributed by atoms with E-state index in [2.05, 4.69) is 0 Å². The number of ether oxygens (including phenoxy) is 1. The fraction of sp³-hybridized carbons (Fsp3) is 0.583. The maximum atomic E-state index is 11.7. The molecule has 0 rings (SSSR count). The summed E-state index contributed by atoms with van der Waals surface area (Å²) < 4.78 is 5.10. The van der Waals surface area contributed by atoms with E-state index in [0.29, 0.717) is 0 Å². The van der Waals surface area contributed by atoms with E-state index in [1.807, 2.05) is 6.07 Å². The number of ketones is 1. The second kappa shape index (κ2) is 4.93. The van der Waals surface area contributed by atoms with Crippen LogP contribution in [-0.2, 0) is 14.3 Å². The number of carbonyl (C=O) groups excluding carboxylic acids is 2. The summed E-state index contributed by atoms with van der Waals surface area (Å²) in [5.41, 5.74) is -2.07. The normalized spacial score (nSPS) is 15.2. The molecule has 0 spiro atoms. The summed E-state index contributed by atoms with van der Waals surface area (Å²) in [4.78, 5) is 22.5. The van der Waals surface area contributed by atoms with Crippen molar-refractivity contribution in [3.05, 3.63) is 12.2 Å². The zero-order chi connectivity index (χ0) is 13.0. The number of carbonyl (C=O) groups is 2. The Morgan fingerprint density at radius 2 is 1.75 bits per heavy atom. The molecule has 0 aromatic heterocycles. The van der Waals surface area contributed by atoms with Gasteiger partial charge in [0, 0.05) is 0 Å². The third kappa shape index (κ3) is 4.74. The van der Waals surface area contributed by atoms with Gasteiger partial charge in [0.1, 0.15) is 5.60 Å². The van der Waals surface area contributed by atoms with Crippen molar-refractivity contribution in [1.82, 2.24) is 0 Å². The molecule has 4 heteroatoms. The molecule has 0 bridgehead atoms. The van der Waals surface area contributed by atoms with Gasteiger partial charge >= 0.3 is 5.97 Å². The highest BCUT2D eigenvalue weighted by Crippen LogP contribution is 2.22. The maximum Gasteiger partial charge on any atom is 0.330 e. The topological polar surface area (TPSA) is 67.2 Å². The quantitative estimate of drug-likeness (QED) is 0.542. The number of nitriles is 1. The van der Waals surface area contributed by atoms with Gasteiger partial charge in [0.15, 0.2) is 11.2 Å². The molecule has 0 aliphatic rings. The lowest BCUT2D eigenvalue weighted by molar-refractivity contribution is -0.160. The molecule has 0 saturated carbocycles. The van der Waals surface area contributed by atoms with Crippen molar-refractivity contribution >= 4 is 11.8 Å². The van der Waals surface area contributed by atoms with Crippen LogP contribution in [0.2, 0.25) is 0 Å². The zero-order valence-electron chi connectivity index (χ0n) is 10.3. The van der Waals surface area contributed by atoms with Crippen LogP contribution in [0.3, 0.4) is 0 Å². The van der Waals surface area contributed by atoms with Gasteiger partial charge in [-0.15, -0.1) is 0 Å². The lowest BCUT2D eigenvalue weighted by Gasteiger charge is -2.24. The predicted octanol–water partition coefficient (Wildman–Crippen LogP) is 2.00. The molecule has 0 unspecified atom stereocenters. The molecule has 1 atom stereocenters. The zero-order valence-corrected chi connectivity index (χ0v) is 10.3. The molecule has 0 fully saturated rings. The first-order valence-corrected chi connectivity index (χ1v) is 4.95. The van der Waals surface area contributed by atoms with Crippen molar-refractivity contribution in [2.45, 2.75) is 40.2 Å². The molecular formula is C12H17NO3. The first-order valence-electron chi connectivity index (χ1n) is 4.95. The first-order chi connectivity index (χ1) is 7.10. The number of allylic oxidation sites excluding steroid dienone is 1. The van der Waals surface area contributed by atoms with Crippen LogP contribution in [0.4, 0.5) is 0 Å². The Hall–Kier alpha value is -1.63. The lowest BCUT2D eigenvalue weighted by atomic mass is 9.91. The van der Waals surface area contributed by atoms with Crippen LogP contribution in [0.25, 0.3) is 0 Å². The van der Waals surface area contributed by atoms with Crippen molar-refractivity contribution < 1.29 is 14.3 Å². The van der Waals surface area contributed by atoms with E-state index in [4.69, 9.17) is 10.00 Å². The van der Waals surface area contributed by atoms with Crippen LogP contribution >= 0.6 is 0 Å². The largest absolute Gasteiger partial charge is 0.459 e. The van der Waals surface area contributed by atoms with Gasteiger partial charge in [0.25, 0.3) is 0 Å². The van der Waals surface area contributed by atoms with Crippen molar-refractivity contribution in [2.24, 2.45) is 5.41 Å². The van der Waals surface area contributed by atoms with Crippen molar-refractivity contribution in [3.63, 3.8) is 0 Å². The van der Waals surface area contributed by atoms with E-state index in [1.165, 1.54) is 26.0 Å². The minimum Gasteiger partial charge on any atom is -0.459 e. The average Bonchev–Trinajstić information content (AvgIpc) is 2.11. The molecule has 4 nitrogen and oxygen atoms in total. The van der Waals surface area contributed by atoms with Crippen LogP contribution in [0, 0.1) is 16.7 Å². The van der Waals surface area contributed by atoms with E-state index in [0.717, 1.165) is 0 Å². The van der Waals surface area contributed by atoms with Crippen LogP contribution in [0.1, 0.15) is 34.6 Å². The van der Waals surface area contributed by atoms with Gasteiger partial charge in [-0.05, 0) is 40.7 Å². The monoisotopic (exact) mass is 223 g/mol. The van der Waals surface area contributed by atoms with E-state index < -0.39 is 17.0 Å². The maximum absolute atomic E-state index is 11.7. The molecule has 0 amide bonds. The van der Waals surface area contributed by atoms with E-state index in [-0.39, 0.29) is 5.78 Å². The number of nitrogens with zero attached hydrogens (tertiary/aromatic N) is 1. The minimum atomic E-state index is -1.42. The molecule has 0 aromatic rings. The fourth-order valence-corrected chi connectivity index (χ4v) is 0.819. The van der Waals surface area contributed by atoms with Crippen LogP contribution in [-0.4, -0.2) is 17.4 Å². The molecule has 0 N–H and O–H groups in total. The van der Waals surface area contributed by atoms with Crippen molar-refractivity contribution in [3.8, 4) is 6.07 Å². The van der Waals surface area contributed by atoms with E-state index in [1.54, 1.807) is 20.8 Å². The third-order valence-corrected chi connectivity index (χ3v) is 1.71. The van der Waals surface area contributed by atoms with E-state index >= 15 is 0 Å². The first kappa shape index (κ1) is 14.4. The summed E-state index contributed by atoms with van der Waals surface area (Å²) in [5, 5.41) is 8.95. The Bertz CT molecular complexity index is 357. The van der Waals surface area contributed by atoms with Gasteiger partial charge in [0.2, 0.25) is 0 Å². The highest BCUT2D eigenvalue weighted by atomic mass is 16.6. The van der Waals surface area contributed by atoms with Gasteiger partial charge in [0.05, 0.1) is 6.07 Å². The van der Waals surface area contributed by atoms with Crippen LogP contribution in [0.15, 0.2) is 12.2 Å². The Morgan fingerprint density at radius 3 is 2.06 bits per heavy atom. The standard InChI is InChI=1S/C12H17NO3/c1-9(14)6-7-12(5,8-13)10(15)16-11(2,3)4/h6-7H,1-5H3/b7-6-/t12-/m0/s1. The van der Waals surface area contributed by atoms with Crippen LogP contribution in [0.5, 0.6) is 0 Å². The van der Waals surface area contributed by atoms with Crippen molar-refractivity contribution in [2.75, 3.05) is 0 Å². The second-order valence-corrected chi connectivity index (χ2v) is 4.76. The number of hydrogen-bond donors (Lipinski definition) is 0. The minimum absolute atomic E-state index is 0.218. The molecule has 0 aliphatic carbocycles. The fourth-order valence-electron chi connectivity index (χ4n) is 0.819. The molecule has 88 valence electrons. The summed E-state index contributed by atoms with van der Waals surface area (Å²) in [6, 6.07) is 1.84. The number of hydrogen-bond acceptors (Lipinski definition) is 4. The van der Waals surface area contributed by atoms with Gasteiger partial charge in [-0.3, -0.25) is 4.79 Å². The van der Waals surface area contributed by atoms with Crippen molar-refractivity contribution in [1.29, 1.82) is 5.26 Å². The Kier molecular flexibility index (Phi) is 4.43. The average molecular weight is 223 g/mol. The summed E-state index contributed by atoms with van der Waals surface area (Å²) in [5.74, 6) is -0.870. The third-order valence-electron chi connectivity index (χ3n) is 1.71. The number of rotatable bonds is 3. The molecule has 0 heterocycles. The molecule has 0 aromatic carbocycles. The summed E-state index contributed by atoms with van der Waals surface area (Å²) in [6.45, 7) is 7.93. The highest BCUT2D eigenvalue weighted by molar-refractivity contribution is 5.90. The molecule has 0 aliphatic heterocycles.